The molecule has 6 nitrogen and oxygen atoms in total. The first-order chi connectivity index (χ1) is 8.70. The maximum atomic E-state index is 11.3. The molecule has 1 atom stereocenters. The first kappa shape index (κ1) is 18.6. The smallest absolute Gasteiger partial charge is 0.328 e. The summed E-state index contributed by atoms with van der Waals surface area (Å²) < 4.78 is 15.3. The van der Waals surface area contributed by atoms with E-state index in [4.69, 9.17) is 14.5 Å². The Hall–Kier alpha value is -0.420. The van der Waals surface area contributed by atoms with Gasteiger partial charge in [0.05, 0.1) is 12.3 Å². The number of hydrogen-bond acceptors (Lipinski definition) is 4. The minimum absolute atomic E-state index is 0.278. The molecule has 1 unspecified atom stereocenters. The van der Waals surface area contributed by atoms with Gasteiger partial charge in [-0.3, -0.25) is 9.36 Å². The number of carbonyl (C=O) groups excluding carboxylic acids is 1. The van der Waals surface area contributed by atoms with E-state index in [1.807, 2.05) is 0 Å². The van der Waals surface area contributed by atoms with Crippen LogP contribution >= 0.6 is 7.60 Å². The average Bonchev–Trinajstić information content (AvgIpc) is 2.23. The van der Waals surface area contributed by atoms with Gasteiger partial charge in [-0.25, -0.2) is 0 Å². The fourth-order valence-corrected chi connectivity index (χ4v) is 2.24. The molecule has 0 amide bonds. The molecule has 0 saturated carbocycles. The largest absolute Gasteiger partial charge is 0.463 e. The Kier molecular flexibility index (Phi) is 9.27. The van der Waals surface area contributed by atoms with Crippen LogP contribution in [0.3, 0.4) is 0 Å². The molecule has 0 heterocycles. The lowest BCUT2D eigenvalue weighted by molar-refractivity contribution is -0.146. The van der Waals surface area contributed by atoms with Crippen molar-refractivity contribution in [2.24, 2.45) is 5.92 Å². The third-order valence-corrected chi connectivity index (χ3v) is 3.44. The van der Waals surface area contributed by atoms with E-state index in [1.165, 1.54) is 0 Å². The van der Waals surface area contributed by atoms with E-state index in [0.29, 0.717) is 5.92 Å². The van der Waals surface area contributed by atoms with Gasteiger partial charge in [0.1, 0.15) is 6.61 Å². The summed E-state index contributed by atoms with van der Waals surface area (Å²) >= 11 is 0. The summed E-state index contributed by atoms with van der Waals surface area (Å²) in [4.78, 5) is 28.5. The summed E-state index contributed by atoms with van der Waals surface area (Å²) in [5.41, 5.74) is 0. The fraction of sp³-hybridized carbons (Fsp3) is 0.917. The second kappa shape index (κ2) is 9.48. The van der Waals surface area contributed by atoms with Gasteiger partial charge in [0.15, 0.2) is 0 Å². The predicted octanol–water partition coefficient (Wildman–Crippen LogP) is 1.67. The van der Waals surface area contributed by atoms with Gasteiger partial charge < -0.3 is 19.6 Å². The second-order valence-corrected chi connectivity index (χ2v) is 6.87. The van der Waals surface area contributed by atoms with Crippen LogP contribution in [0, 0.1) is 5.92 Å². The summed E-state index contributed by atoms with van der Waals surface area (Å²) in [7, 11) is -4.26. The van der Waals surface area contributed by atoms with E-state index >= 15 is 0 Å². The van der Waals surface area contributed by atoms with Gasteiger partial charge in [0.2, 0.25) is 0 Å². The Balaban J connectivity index is 3.57. The molecule has 0 bridgehead atoms. The normalized spacial score (nSPS) is 13.6. The molecule has 0 aromatic carbocycles. The van der Waals surface area contributed by atoms with Crippen LogP contribution in [0.5, 0.6) is 0 Å². The van der Waals surface area contributed by atoms with Crippen LogP contribution in [0.2, 0.25) is 0 Å². The maximum Gasteiger partial charge on any atom is 0.328 e. The monoisotopic (exact) mass is 296 g/mol. The summed E-state index contributed by atoms with van der Waals surface area (Å²) in [6.45, 7) is 3.93. The van der Waals surface area contributed by atoms with Crippen molar-refractivity contribution >= 4 is 13.6 Å². The molecule has 0 aromatic heterocycles. The first-order valence-corrected chi connectivity index (χ1v) is 8.38. The summed E-state index contributed by atoms with van der Waals surface area (Å²) in [6.07, 6.45) is 2.18. The summed E-state index contributed by atoms with van der Waals surface area (Å²) in [5.74, 6) is 0.226. The van der Waals surface area contributed by atoms with Gasteiger partial charge in [-0.1, -0.05) is 33.1 Å². The Morgan fingerprint density at radius 1 is 1.21 bits per heavy atom. The van der Waals surface area contributed by atoms with Gasteiger partial charge in [-0.05, 0) is 12.3 Å². The molecular weight excluding hydrogens is 271 g/mol. The lowest BCUT2D eigenvalue weighted by Gasteiger charge is -2.12. The molecule has 0 fully saturated rings. The van der Waals surface area contributed by atoms with E-state index in [-0.39, 0.29) is 13.0 Å². The maximum absolute atomic E-state index is 11.3. The topological polar surface area (TPSA) is 104 Å². The van der Waals surface area contributed by atoms with E-state index in [2.05, 4.69) is 13.8 Å². The van der Waals surface area contributed by atoms with Crippen molar-refractivity contribution in [1.29, 1.82) is 0 Å². The molecule has 0 spiro atoms. The average molecular weight is 296 g/mol. The molecule has 0 radical (unpaired) electrons. The van der Waals surface area contributed by atoms with E-state index in [1.54, 1.807) is 0 Å². The summed E-state index contributed by atoms with van der Waals surface area (Å²) in [6, 6.07) is 0. The molecule has 0 aliphatic heterocycles. The van der Waals surface area contributed by atoms with Crippen LogP contribution in [0.25, 0.3) is 0 Å². The third-order valence-electron chi connectivity index (χ3n) is 2.55. The van der Waals surface area contributed by atoms with Crippen molar-refractivity contribution in [1.82, 2.24) is 0 Å². The third kappa shape index (κ3) is 13.8. The fourth-order valence-electron chi connectivity index (χ4n) is 1.59. The Bertz CT molecular complexity index is 299. The number of hydrogen-bond donors (Lipinski definition) is 3. The Morgan fingerprint density at radius 3 is 2.37 bits per heavy atom. The van der Waals surface area contributed by atoms with Crippen LogP contribution in [0.4, 0.5) is 0 Å². The van der Waals surface area contributed by atoms with E-state index in [0.717, 1.165) is 25.7 Å². The van der Waals surface area contributed by atoms with Crippen LogP contribution in [0.1, 0.15) is 46.0 Å². The van der Waals surface area contributed by atoms with Crippen molar-refractivity contribution in [3.8, 4) is 0 Å². The van der Waals surface area contributed by atoms with Gasteiger partial charge >= 0.3 is 13.6 Å². The highest BCUT2D eigenvalue weighted by atomic mass is 31.2. The van der Waals surface area contributed by atoms with Crippen molar-refractivity contribution in [3.05, 3.63) is 0 Å². The van der Waals surface area contributed by atoms with Gasteiger partial charge in [0, 0.05) is 6.42 Å². The molecule has 0 aromatic rings. The minimum Gasteiger partial charge on any atom is -0.463 e. The van der Waals surface area contributed by atoms with Crippen molar-refractivity contribution < 1.29 is 29.0 Å². The lowest BCUT2D eigenvalue weighted by atomic mass is 10.0. The molecule has 7 heteroatoms. The number of unbranched alkanes of at least 4 members (excludes halogenated alkanes) is 2. The highest BCUT2D eigenvalue weighted by Crippen LogP contribution is 2.34. The molecular formula is C12H25O6P. The highest BCUT2D eigenvalue weighted by molar-refractivity contribution is 7.51. The number of aliphatic hydroxyl groups is 1. The van der Waals surface area contributed by atoms with E-state index in [9.17, 15) is 14.5 Å². The molecule has 114 valence electrons. The number of esters is 1. The van der Waals surface area contributed by atoms with Gasteiger partial charge in [-0.15, -0.1) is 0 Å². The zero-order valence-corrected chi connectivity index (χ0v) is 12.5. The van der Waals surface area contributed by atoms with Crippen LogP contribution in [-0.2, 0) is 14.1 Å². The SMILES string of the molecule is CC(C)CCCCCC(=O)OCC(O)CP(=O)(O)O. The molecule has 0 aliphatic carbocycles. The molecule has 0 rings (SSSR count). The Labute approximate surface area is 114 Å². The molecule has 0 saturated heterocycles. The van der Waals surface area contributed by atoms with Crippen LogP contribution in [-0.4, -0.2) is 39.7 Å². The Morgan fingerprint density at radius 2 is 1.84 bits per heavy atom. The second-order valence-electron chi connectivity index (χ2n) is 5.18. The van der Waals surface area contributed by atoms with Crippen molar-refractivity contribution in [2.45, 2.75) is 52.1 Å². The molecule has 0 aliphatic rings. The van der Waals surface area contributed by atoms with Gasteiger partial charge in [-0.2, -0.15) is 0 Å². The molecule has 19 heavy (non-hydrogen) atoms. The number of aliphatic hydroxyl groups excluding tert-OH is 1. The molecule has 3 N–H and O–H groups in total. The quantitative estimate of drug-likeness (QED) is 0.322. The highest BCUT2D eigenvalue weighted by Gasteiger charge is 2.20. The minimum atomic E-state index is -4.26. The zero-order chi connectivity index (χ0) is 14.9. The summed E-state index contributed by atoms with van der Waals surface area (Å²) in [5, 5.41) is 9.23. The lowest BCUT2D eigenvalue weighted by Crippen LogP contribution is -2.22. The van der Waals surface area contributed by atoms with Gasteiger partial charge in [0.25, 0.3) is 0 Å². The first-order valence-electron chi connectivity index (χ1n) is 6.59. The van der Waals surface area contributed by atoms with Crippen molar-refractivity contribution in [2.75, 3.05) is 12.8 Å². The van der Waals surface area contributed by atoms with Crippen LogP contribution in [0.15, 0.2) is 0 Å². The zero-order valence-electron chi connectivity index (χ0n) is 11.6. The predicted molar refractivity (Wildman–Crippen MR) is 71.8 cm³/mol. The number of ether oxygens (including phenoxy) is 1. The van der Waals surface area contributed by atoms with E-state index < -0.39 is 25.8 Å². The number of rotatable bonds is 10. The number of carbonyl (C=O) groups is 1. The standard InChI is InChI=1S/C12H25O6P/c1-10(2)6-4-3-5-7-12(14)18-8-11(13)9-19(15,16)17/h10-11,13H,3-9H2,1-2H3,(H2,15,16,17). The van der Waals surface area contributed by atoms with Crippen molar-refractivity contribution in [3.63, 3.8) is 0 Å². The van der Waals surface area contributed by atoms with Crippen LogP contribution < -0.4 is 0 Å².